The van der Waals surface area contributed by atoms with Gasteiger partial charge in [0.15, 0.2) is 0 Å². The number of nitrogens with zero attached hydrogens (tertiary/aromatic N) is 4. The molecule has 0 fully saturated rings. The number of aliphatic imine (C=N–C) groups is 2. The Morgan fingerprint density at radius 2 is 1.96 bits per heavy atom. The fourth-order valence-corrected chi connectivity index (χ4v) is 2.74. The summed E-state index contributed by atoms with van der Waals surface area (Å²) in [6.45, 7) is 7.27. The summed E-state index contributed by atoms with van der Waals surface area (Å²) < 4.78 is 13.2. The Hall–Kier alpha value is -3.61. The van der Waals surface area contributed by atoms with Gasteiger partial charge in [0.2, 0.25) is 5.96 Å². The van der Waals surface area contributed by atoms with Crippen LogP contribution < -0.4 is 11.1 Å². The Balaban J connectivity index is 1.94. The van der Waals surface area contributed by atoms with Crippen LogP contribution in [0.5, 0.6) is 0 Å². The van der Waals surface area contributed by atoms with E-state index in [0.29, 0.717) is 5.82 Å². The van der Waals surface area contributed by atoms with Gasteiger partial charge in [-0.05, 0) is 61.5 Å². The molecule has 0 aliphatic heterocycles. The first kappa shape index (κ1) is 19.2. The van der Waals surface area contributed by atoms with Gasteiger partial charge in [0.1, 0.15) is 18.0 Å². The second-order valence-electron chi connectivity index (χ2n) is 6.33. The van der Waals surface area contributed by atoms with Crippen LogP contribution in [0.1, 0.15) is 31.0 Å². The molecule has 0 aliphatic carbocycles. The van der Waals surface area contributed by atoms with E-state index in [-0.39, 0.29) is 17.8 Å². The highest BCUT2D eigenvalue weighted by molar-refractivity contribution is 5.91. The molecule has 0 saturated heterocycles. The molecule has 6 nitrogen and oxygen atoms in total. The number of anilines is 1. The molecule has 1 atom stereocenters. The quantitative estimate of drug-likeness (QED) is 0.513. The van der Waals surface area contributed by atoms with Gasteiger partial charge in [-0.1, -0.05) is 18.2 Å². The van der Waals surface area contributed by atoms with Crippen molar-refractivity contribution in [1.82, 2.24) is 9.97 Å². The smallest absolute Gasteiger partial charge is 0.219 e. The lowest BCUT2D eigenvalue weighted by atomic mass is 10.0. The van der Waals surface area contributed by atoms with Crippen LogP contribution in [0.4, 0.5) is 10.2 Å². The number of nitrogens with two attached hydrogens (primary N) is 1. The van der Waals surface area contributed by atoms with E-state index in [1.54, 1.807) is 18.3 Å². The van der Waals surface area contributed by atoms with Gasteiger partial charge in [-0.15, -0.1) is 0 Å². The minimum atomic E-state index is -0.259. The zero-order chi connectivity index (χ0) is 20.1. The van der Waals surface area contributed by atoms with Crippen molar-refractivity contribution in [3.8, 4) is 0 Å². The lowest BCUT2D eigenvalue weighted by Crippen LogP contribution is -2.08. The monoisotopic (exact) mass is 376 g/mol. The van der Waals surface area contributed by atoms with Crippen molar-refractivity contribution in [2.75, 3.05) is 5.32 Å². The van der Waals surface area contributed by atoms with Gasteiger partial charge >= 0.3 is 0 Å². The SMILES string of the molecule is C=N/C(N)=N\C=C(/C)c1ccc2ncnc(NC(C)c3ccc(F)cc3)c2c1. The van der Waals surface area contributed by atoms with Gasteiger partial charge in [0.05, 0.1) is 5.52 Å². The number of halogens is 1. The summed E-state index contributed by atoms with van der Waals surface area (Å²) in [6.07, 6.45) is 3.16. The van der Waals surface area contributed by atoms with Crippen molar-refractivity contribution < 1.29 is 4.39 Å². The fourth-order valence-electron chi connectivity index (χ4n) is 2.74. The summed E-state index contributed by atoms with van der Waals surface area (Å²) in [5, 5.41) is 4.26. The first-order valence-electron chi connectivity index (χ1n) is 8.72. The van der Waals surface area contributed by atoms with Gasteiger partial charge in [-0.2, -0.15) is 0 Å². The van der Waals surface area contributed by atoms with Crippen molar-refractivity contribution in [3.05, 3.63) is 71.9 Å². The number of hydrogen-bond acceptors (Lipinski definition) is 4. The molecular formula is C21H21FN6. The van der Waals surface area contributed by atoms with E-state index in [4.69, 9.17) is 5.73 Å². The molecule has 0 saturated carbocycles. The lowest BCUT2D eigenvalue weighted by molar-refractivity contribution is 0.626. The molecule has 142 valence electrons. The normalized spacial score (nSPS) is 13.4. The van der Waals surface area contributed by atoms with Crippen LogP contribution in [0.15, 0.2) is 65.0 Å². The Morgan fingerprint density at radius 1 is 1.21 bits per heavy atom. The number of nitrogens with one attached hydrogen (secondary N) is 1. The summed E-state index contributed by atoms with van der Waals surface area (Å²) in [7, 11) is 0. The Labute approximate surface area is 162 Å². The largest absolute Gasteiger partial charge is 0.368 e. The predicted octanol–water partition coefficient (Wildman–Crippen LogP) is 4.32. The van der Waals surface area contributed by atoms with Gasteiger partial charge in [0.25, 0.3) is 0 Å². The zero-order valence-corrected chi connectivity index (χ0v) is 15.7. The van der Waals surface area contributed by atoms with Crippen LogP contribution in [0.2, 0.25) is 0 Å². The van der Waals surface area contributed by atoms with Gasteiger partial charge < -0.3 is 11.1 Å². The van der Waals surface area contributed by atoms with Crippen molar-refractivity contribution in [3.63, 3.8) is 0 Å². The summed E-state index contributed by atoms with van der Waals surface area (Å²) >= 11 is 0. The van der Waals surface area contributed by atoms with Crippen LogP contribution in [0.3, 0.4) is 0 Å². The molecule has 0 radical (unpaired) electrons. The highest BCUT2D eigenvalue weighted by atomic mass is 19.1. The van der Waals surface area contributed by atoms with E-state index in [1.165, 1.54) is 18.5 Å². The first-order chi connectivity index (χ1) is 13.5. The first-order valence-corrected chi connectivity index (χ1v) is 8.72. The molecule has 3 rings (SSSR count). The van der Waals surface area contributed by atoms with Gasteiger partial charge in [-0.3, -0.25) is 0 Å². The standard InChI is InChI=1S/C21H21FN6/c1-13(11-25-21(23)24-3)16-6-9-19-18(10-16)20(27-12-26-19)28-14(2)15-4-7-17(22)8-5-15/h4-12,14H,3H2,1-2H3,(H2,23,25)(H,26,27,28)/b13-11+. The molecule has 1 heterocycles. The summed E-state index contributed by atoms with van der Waals surface area (Å²) in [6, 6.07) is 12.2. The molecule has 2 aromatic carbocycles. The second-order valence-corrected chi connectivity index (χ2v) is 6.33. The molecule has 0 spiro atoms. The van der Waals surface area contributed by atoms with E-state index in [0.717, 1.165) is 27.6 Å². The predicted molar refractivity (Wildman–Crippen MR) is 113 cm³/mol. The summed E-state index contributed by atoms with van der Waals surface area (Å²) in [4.78, 5) is 16.3. The number of guanidine groups is 1. The summed E-state index contributed by atoms with van der Waals surface area (Å²) in [5.74, 6) is 0.552. The molecule has 28 heavy (non-hydrogen) atoms. The zero-order valence-electron chi connectivity index (χ0n) is 15.7. The van der Waals surface area contributed by atoms with Crippen LogP contribution in [0.25, 0.3) is 16.5 Å². The van der Waals surface area contributed by atoms with E-state index < -0.39 is 0 Å². The van der Waals surface area contributed by atoms with Crippen molar-refractivity contribution in [1.29, 1.82) is 0 Å². The van der Waals surface area contributed by atoms with Crippen molar-refractivity contribution in [2.24, 2.45) is 15.7 Å². The van der Waals surface area contributed by atoms with Crippen LogP contribution in [0, 0.1) is 5.82 Å². The van der Waals surface area contributed by atoms with E-state index >= 15 is 0 Å². The number of hydrogen-bond donors (Lipinski definition) is 2. The van der Waals surface area contributed by atoms with E-state index in [1.807, 2.05) is 32.0 Å². The van der Waals surface area contributed by atoms with Crippen LogP contribution >= 0.6 is 0 Å². The Bertz CT molecular complexity index is 1060. The molecule has 0 bridgehead atoms. The molecule has 3 aromatic rings. The lowest BCUT2D eigenvalue weighted by Gasteiger charge is -2.16. The minimum Gasteiger partial charge on any atom is -0.368 e. The third-order valence-corrected chi connectivity index (χ3v) is 4.37. The van der Waals surface area contributed by atoms with Crippen LogP contribution in [-0.2, 0) is 0 Å². The highest BCUT2D eigenvalue weighted by Gasteiger charge is 2.10. The fraction of sp³-hybridized carbons (Fsp3) is 0.143. The number of benzene rings is 2. The van der Waals surface area contributed by atoms with E-state index in [2.05, 4.69) is 32.0 Å². The molecule has 0 amide bonds. The average Bonchev–Trinajstić information content (AvgIpc) is 2.72. The van der Waals surface area contributed by atoms with Crippen LogP contribution in [-0.4, -0.2) is 22.6 Å². The van der Waals surface area contributed by atoms with E-state index in [9.17, 15) is 4.39 Å². The molecule has 7 heteroatoms. The number of aromatic nitrogens is 2. The van der Waals surface area contributed by atoms with Gasteiger partial charge in [0, 0.05) is 17.6 Å². The number of allylic oxidation sites excluding steroid dienone is 1. The second kappa shape index (κ2) is 8.39. The topological polar surface area (TPSA) is 88.5 Å². The molecule has 1 aromatic heterocycles. The number of fused-ring (bicyclic) bond motifs is 1. The third kappa shape index (κ3) is 4.37. The Morgan fingerprint density at radius 3 is 2.68 bits per heavy atom. The molecule has 3 N–H and O–H groups in total. The maximum absolute atomic E-state index is 13.2. The summed E-state index contributed by atoms with van der Waals surface area (Å²) in [5.41, 5.74) is 9.20. The third-order valence-electron chi connectivity index (χ3n) is 4.37. The molecule has 1 unspecified atom stereocenters. The molecule has 0 aliphatic rings. The average molecular weight is 376 g/mol. The van der Waals surface area contributed by atoms with Crippen molar-refractivity contribution in [2.45, 2.75) is 19.9 Å². The maximum Gasteiger partial charge on any atom is 0.219 e. The maximum atomic E-state index is 13.2. The Kier molecular flexibility index (Phi) is 5.74. The van der Waals surface area contributed by atoms with Gasteiger partial charge in [-0.25, -0.2) is 24.3 Å². The highest BCUT2D eigenvalue weighted by Crippen LogP contribution is 2.27. The van der Waals surface area contributed by atoms with Crippen molar-refractivity contribution >= 4 is 35.0 Å². The molecular weight excluding hydrogens is 355 g/mol. The number of rotatable bonds is 5. The minimum absolute atomic E-state index is 0.0536.